The van der Waals surface area contributed by atoms with Crippen LogP contribution in [0.15, 0.2) is 30.3 Å². The molecule has 4 atom stereocenters. The molecule has 1 aromatic carbocycles. The lowest BCUT2D eigenvalue weighted by Crippen LogP contribution is -2.51. The van der Waals surface area contributed by atoms with Gasteiger partial charge in [-0.25, -0.2) is 0 Å². The van der Waals surface area contributed by atoms with E-state index < -0.39 is 11.6 Å². The number of hydrogen-bond acceptors (Lipinski definition) is 5. The zero-order valence-electron chi connectivity index (χ0n) is 18.6. The summed E-state index contributed by atoms with van der Waals surface area (Å²) < 4.78 is 5.70. The van der Waals surface area contributed by atoms with E-state index in [-0.39, 0.29) is 24.0 Å². The average Bonchev–Trinajstić information content (AvgIpc) is 3.04. The van der Waals surface area contributed by atoms with Crippen LogP contribution >= 0.6 is 0 Å². The Hall–Kier alpha value is -1.90. The summed E-state index contributed by atoms with van der Waals surface area (Å²) in [6.45, 7) is 10.6. The zero-order chi connectivity index (χ0) is 21.6. The first kappa shape index (κ1) is 23.4. The molecule has 0 spiro atoms. The second kappa shape index (κ2) is 10.2. The van der Waals surface area contributed by atoms with Crippen LogP contribution in [0.1, 0.15) is 65.9 Å². The molecule has 1 aliphatic heterocycles. The van der Waals surface area contributed by atoms with Crippen LogP contribution in [-0.4, -0.2) is 34.6 Å². The number of likely N-dealkylation sites (tertiary alicyclic amines) is 1. The summed E-state index contributed by atoms with van der Waals surface area (Å²) in [6, 6.07) is 11.8. The monoisotopic (exact) mass is 399 g/mol. The van der Waals surface area contributed by atoms with E-state index in [4.69, 9.17) is 10.5 Å². The minimum Gasteiger partial charge on any atom is -0.459 e. The number of rotatable bonds is 8. The van der Waals surface area contributed by atoms with E-state index in [0.717, 1.165) is 24.8 Å². The molecule has 0 radical (unpaired) electrons. The Labute approximate surface area is 176 Å². The van der Waals surface area contributed by atoms with Crippen molar-refractivity contribution in [1.82, 2.24) is 4.90 Å². The van der Waals surface area contributed by atoms with Crippen molar-refractivity contribution < 1.29 is 9.53 Å². The molecule has 0 aromatic heterocycles. The van der Waals surface area contributed by atoms with E-state index in [9.17, 15) is 10.1 Å². The highest BCUT2D eigenvalue weighted by atomic mass is 16.6. The van der Waals surface area contributed by atoms with Gasteiger partial charge in [0, 0.05) is 18.6 Å². The summed E-state index contributed by atoms with van der Waals surface area (Å²) in [4.78, 5) is 15.1. The molecule has 5 heteroatoms. The second-order valence-corrected chi connectivity index (χ2v) is 9.25. The first-order valence-electron chi connectivity index (χ1n) is 10.9. The molecule has 1 saturated heterocycles. The van der Waals surface area contributed by atoms with Gasteiger partial charge >= 0.3 is 5.97 Å². The number of nitrogens with zero attached hydrogens (tertiary/aromatic N) is 2. The van der Waals surface area contributed by atoms with Crippen LogP contribution in [-0.2, 0) is 16.1 Å². The van der Waals surface area contributed by atoms with Crippen molar-refractivity contribution in [3.8, 4) is 6.07 Å². The van der Waals surface area contributed by atoms with Gasteiger partial charge in [-0.05, 0) is 45.1 Å². The summed E-state index contributed by atoms with van der Waals surface area (Å²) >= 11 is 0. The van der Waals surface area contributed by atoms with Gasteiger partial charge in [-0.3, -0.25) is 9.69 Å². The predicted molar refractivity (Wildman–Crippen MR) is 116 cm³/mol. The van der Waals surface area contributed by atoms with Gasteiger partial charge in [-0.15, -0.1) is 0 Å². The van der Waals surface area contributed by atoms with E-state index in [2.05, 4.69) is 36.9 Å². The zero-order valence-corrected chi connectivity index (χ0v) is 18.6. The third-order valence-corrected chi connectivity index (χ3v) is 5.92. The number of esters is 1. The summed E-state index contributed by atoms with van der Waals surface area (Å²) in [5.74, 6) is -0.00463. The molecule has 0 aliphatic carbocycles. The average molecular weight is 400 g/mol. The van der Waals surface area contributed by atoms with Crippen molar-refractivity contribution in [2.45, 2.75) is 90.6 Å². The van der Waals surface area contributed by atoms with E-state index >= 15 is 0 Å². The standard InChI is InChI=1S/C24H37N3O2/c1-6-17(7-2)13-20(26)22-19(15-25)14-21(23(28)29-24(3,4)5)27(22)16-18-11-9-8-10-12-18/h8-12,17,19-22H,6-7,13-14,16,26H2,1-5H3/t19-,20-,21?,22+/m0/s1. The Balaban J connectivity index is 2.33. The maximum absolute atomic E-state index is 13.0. The van der Waals surface area contributed by atoms with Crippen LogP contribution in [0.25, 0.3) is 0 Å². The number of carbonyl (C=O) groups is 1. The molecule has 160 valence electrons. The third-order valence-electron chi connectivity index (χ3n) is 5.92. The van der Waals surface area contributed by atoms with Gasteiger partial charge in [0.2, 0.25) is 0 Å². The Bertz CT molecular complexity index is 688. The van der Waals surface area contributed by atoms with Crippen molar-refractivity contribution in [2.24, 2.45) is 17.6 Å². The first-order valence-corrected chi connectivity index (χ1v) is 10.9. The van der Waals surface area contributed by atoms with E-state index in [1.165, 1.54) is 0 Å². The number of nitriles is 1. The lowest BCUT2D eigenvalue weighted by Gasteiger charge is -2.35. The smallest absolute Gasteiger partial charge is 0.323 e. The Morgan fingerprint density at radius 3 is 2.41 bits per heavy atom. The quantitative estimate of drug-likeness (QED) is 0.661. The molecule has 0 amide bonds. The largest absolute Gasteiger partial charge is 0.459 e. The number of benzene rings is 1. The van der Waals surface area contributed by atoms with E-state index in [0.29, 0.717) is 18.9 Å². The number of ether oxygens (including phenoxy) is 1. The highest BCUT2D eigenvalue weighted by Gasteiger charge is 2.48. The summed E-state index contributed by atoms with van der Waals surface area (Å²) in [5, 5.41) is 9.87. The summed E-state index contributed by atoms with van der Waals surface area (Å²) in [6.07, 6.45) is 3.48. The van der Waals surface area contributed by atoms with Crippen molar-refractivity contribution in [3.05, 3.63) is 35.9 Å². The van der Waals surface area contributed by atoms with Crippen molar-refractivity contribution in [3.63, 3.8) is 0 Å². The molecule has 0 saturated carbocycles. The van der Waals surface area contributed by atoms with Crippen molar-refractivity contribution in [1.29, 1.82) is 5.26 Å². The van der Waals surface area contributed by atoms with Crippen LogP contribution in [0, 0.1) is 23.2 Å². The number of carbonyl (C=O) groups excluding carboxylic acids is 1. The van der Waals surface area contributed by atoms with Gasteiger partial charge in [0.15, 0.2) is 0 Å². The minimum atomic E-state index is -0.562. The summed E-state index contributed by atoms with van der Waals surface area (Å²) in [5.41, 5.74) is 7.23. The Kier molecular flexibility index (Phi) is 8.24. The fourth-order valence-corrected chi connectivity index (χ4v) is 4.39. The molecular formula is C24H37N3O2. The maximum Gasteiger partial charge on any atom is 0.323 e. The SMILES string of the molecule is CCC(CC)C[C@H](N)[C@H]1[C@H](C#N)CC(C(=O)OC(C)(C)C)N1Cc1ccccc1. The molecule has 2 rings (SSSR count). The number of hydrogen-bond donors (Lipinski definition) is 1. The van der Waals surface area contributed by atoms with Crippen LogP contribution in [0.4, 0.5) is 0 Å². The lowest BCUT2D eigenvalue weighted by atomic mass is 9.87. The fourth-order valence-electron chi connectivity index (χ4n) is 4.39. The molecule has 1 unspecified atom stereocenters. The fraction of sp³-hybridized carbons (Fsp3) is 0.667. The van der Waals surface area contributed by atoms with Crippen LogP contribution in [0.2, 0.25) is 0 Å². The van der Waals surface area contributed by atoms with Gasteiger partial charge in [-0.1, -0.05) is 57.0 Å². The molecule has 1 fully saturated rings. The van der Waals surface area contributed by atoms with Crippen molar-refractivity contribution >= 4 is 5.97 Å². The van der Waals surface area contributed by atoms with Crippen LogP contribution in [0.3, 0.4) is 0 Å². The summed E-state index contributed by atoms with van der Waals surface area (Å²) in [7, 11) is 0. The second-order valence-electron chi connectivity index (χ2n) is 9.25. The molecule has 2 N–H and O–H groups in total. The highest BCUT2D eigenvalue weighted by molar-refractivity contribution is 5.77. The van der Waals surface area contributed by atoms with Crippen LogP contribution in [0.5, 0.6) is 0 Å². The van der Waals surface area contributed by atoms with Gasteiger partial charge in [0.1, 0.15) is 11.6 Å². The lowest BCUT2D eigenvalue weighted by molar-refractivity contribution is -0.161. The minimum absolute atomic E-state index is 0.152. The molecule has 0 bridgehead atoms. The first-order chi connectivity index (χ1) is 13.7. The Morgan fingerprint density at radius 1 is 1.28 bits per heavy atom. The Morgan fingerprint density at radius 2 is 1.90 bits per heavy atom. The molecule has 1 heterocycles. The maximum atomic E-state index is 13.0. The highest BCUT2D eigenvalue weighted by Crippen LogP contribution is 2.36. The molecule has 1 aromatic rings. The van der Waals surface area contributed by atoms with E-state index in [1.54, 1.807) is 0 Å². The molecule has 5 nitrogen and oxygen atoms in total. The molecule has 1 aliphatic rings. The van der Waals surface area contributed by atoms with Gasteiger partial charge < -0.3 is 10.5 Å². The number of nitrogens with two attached hydrogens (primary N) is 1. The normalized spacial score (nSPS) is 23.7. The van der Waals surface area contributed by atoms with E-state index in [1.807, 2.05) is 39.0 Å². The van der Waals surface area contributed by atoms with Gasteiger partial charge in [-0.2, -0.15) is 5.26 Å². The molecule has 29 heavy (non-hydrogen) atoms. The molecular weight excluding hydrogens is 362 g/mol. The van der Waals surface area contributed by atoms with Gasteiger partial charge in [0.25, 0.3) is 0 Å². The topological polar surface area (TPSA) is 79.3 Å². The van der Waals surface area contributed by atoms with Crippen molar-refractivity contribution in [2.75, 3.05) is 0 Å². The third kappa shape index (κ3) is 6.29. The van der Waals surface area contributed by atoms with Crippen LogP contribution < -0.4 is 5.73 Å². The predicted octanol–water partition coefficient (Wildman–Crippen LogP) is 4.26. The van der Waals surface area contributed by atoms with Gasteiger partial charge in [0.05, 0.1) is 12.0 Å².